The fraction of sp³-hybridized carbons (Fsp3) is 0.316. The number of benzene rings is 2. The van der Waals surface area contributed by atoms with Crippen molar-refractivity contribution in [1.82, 2.24) is 5.32 Å². The molecule has 3 rings (SSSR count). The molecular weight excluding hydrogens is 418 g/mol. The molecule has 0 radical (unpaired) electrons. The summed E-state index contributed by atoms with van der Waals surface area (Å²) in [7, 11) is -3.74. The lowest BCUT2D eigenvalue weighted by Gasteiger charge is -2.16. The number of hydrogen-bond acceptors (Lipinski definition) is 4. The van der Waals surface area contributed by atoms with Gasteiger partial charge in [0.25, 0.3) is 10.0 Å². The van der Waals surface area contributed by atoms with Crippen molar-refractivity contribution >= 4 is 50.3 Å². The number of aryl methyl sites for hydroxylation is 1. The molecule has 1 fully saturated rings. The number of halogens is 1. The van der Waals surface area contributed by atoms with Crippen LogP contribution in [0.5, 0.6) is 0 Å². The Morgan fingerprint density at radius 3 is 2.68 bits per heavy atom. The number of sulfonamides is 1. The van der Waals surface area contributed by atoms with Crippen LogP contribution in [0.1, 0.15) is 18.4 Å². The average molecular weight is 440 g/mol. The van der Waals surface area contributed by atoms with Crippen molar-refractivity contribution in [3.8, 4) is 0 Å². The Morgan fingerprint density at radius 1 is 1.25 bits per heavy atom. The summed E-state index contributed by atoms with van der Waals surface area (Å²) in [5.41, 5.74) is 1.95. The van der Waals surface area contributed by atoms with Crippen molar-refractivity contribution in [3.63, 3.8) is 0 Å². The van der Waals surface area contributed by atoms with E-state index in [1.807, 2.05) is 6.92 Å². The van der Waals surface area contributed by atoms with Crippen LogP contribution in [-0.2, 0) is 14.8 Å². The number of nitrogens with one attached hydrogen (secondary N) is 3. The highest BCUT2D eigenvalue weighted by Gasteiger charge is 2.17. The molecule has 0 amide bonds. The molecule has 150 valence electrons. The van der Waals surface area contributed by atoms with Gasteiger partial charge in [-0.25, -0.2) is 8.42 Å². The Labute approximate surface area is 175 Å². The van der Waals surface area contributed by atoms with Crippen molar-refractivity contribution < 1.29 is 13.2 Å². The van der Waals surface area contributed by atoms with Crippen LogP contribution < -0.4 is 15.4 Å². The van der Waals surface area contributed by atoms with Gasteiger partial charge in [0.2, 0.25) is 0 Å². The van der Waals surface area contributed by atoms with E-state index < -0.39 is 10.0 Å². The summed E-state index contributed by atoms with van der Waals surface area (Å²) < 4.78 is 33.5. The minimum Gasteiger partial charge on any atom is -0.376 e. The van der Waals surface area contributed by atoms with Gasteiger partial charge in [0, 0.05) is 29.5 Å². The number of rotatable bonds is 6. The van der Waals surface area contributed by atoms with Crippen LogP contribution in [0.3, 0.4) is 0 Å². The lowest BCUT2D eigenvalue weighted by molar-refractivity contribution is 0.114. The third-order valence-electron chi connectivity index (χ3n) is 4.38. The molecule has 1 aliphatic rings. The van der Waals surface area contributed by atoms with Crippen LogP contribution in [0.2, 0.25) is 5.02 Å². The lowest BCUT2D eigenvalue weighted by atomic mass is 10.2. The van der Waals surface area contributed by atoms with Crippen LogP contribution in [-0.4, -0.2) is 32.8 Å². The number of hydrogen-bond donors (Lipinski definition) is 3. The highest BCUT2D eigenvalue weighted by Crippen LogP contribution is 2.23. The van der Waals surface area contributed by atoms with Crippen molar-refractivity contribution in [2.24, 2.45) is 0 Å². The molecule has 2 aromatic carbocycles. The molecule has 0 spiro atoms. The van der Waals surface area contributed by atoms with E-state index in [0.717, 1.165) is 25.0 Å². The van der Waals surface area contributed by atoms with Crippen LogP contribution in [0.15, 0.2) is 47.4 Å². The van der Waals surface area contributed by atoms with Crippen LogP contribution in [0, 0.1) is 6.92 Å². The Kier molecular flexibility index (Phi) is 6.77. The predicted octanol–water partition coefficient (Wildman–Crippen LogP) is 3.91. The van der Waals surface area contributed by atoms with Gasteiger partial charge in [0.05, 0.1) is 11.0 Å². The largest absolute Gasteiger partial charge is 0.376 e. The molecule has 3 N–H and O–H groups in total. The summed E-state index contributed by atoms with van der Waals surface area (Å²) in [4.78, 5) is 0.137. The highest BCUT2D eigenvalue weighted by atomic mass is 35.5. The van der Waals surface area contributed by atoms with Crippen LogP contribution >= 0.6 is 23.8 Å². The lowest BCUT2D eigenvalue weighted by Crippen LogP contribution is -2.35. The first-order valence-electron chi connectivity index (χ1n) is 8.89. The Morgan fingerprint density at radius 2 is 2.00 bits per heavy atom. The molecule has 1 atom stereocenters. The second-order valence-corrected chi connectivity index (χ2v) is 9.09. The molecule has 0 aromatic heterocycles. The van der Waals surface area contributed by atoms with E-state index in [0.29, 0.717) is 28.1 Å². The van der Waals surface area contributed by atoms with E-state index in [1.54, 1.807) is 42.5 Å². The number of thiocarbonyl (C=S) groups is 1. The second kappa shape index (κ2) is 9.09. The Bertz CT molecular complexity index is 943. The summed E-state index contributed by atoms with van der Waals surface area (Å²) >= 11 is 11.2. The van der Waals surface area contributed by atoms with Crippen molar-refractivity contribution in [3.05, 3.63) is 53.1 Å². The molecule has 0 bridgehead atoms. The molecule has 2 aromatic rings. The summed E-state index contributed by atoms with van der Waals surface area (Å²) in [6, 6.07) is 11.3. The summed E-state index contributed by atoms with van der Waals surface area (Å²) in [6.07, 6.45) is 2.24. The zero-order valence-electron chi connectivity index (χ0n) is 15.4. The zero-order chi connectivity index (χ0) is 20.1. The normalized spacial score (nSPS) is 16.6. The summed E-state index contributed by atoms with van der Waals surface area (Å²) in [6.45, 7) is 3.29. The maximum absolute atomic E-state index is 12.7. The van der Waals surface area contributed by atoms with Gasteiger partial charge in [-0.3, -0.25) is 4.72 Å². The van der Waals surface area contributed by atoms with Gasteiger partial charge in [-0.2, -0.15) is 0 Å². The van der Waals surface area contributed by atoms with Crippen LogP contribution in [0.25, 0.3) is 0 Å². The monoisotopic (exact) mass is 439 g/mol. The quantitative estimate of drug-likeness (QED) is 0.592. The third-order valence-corrected chi connectivity index (χ3v) is 6.26. The first-order valence-corrected chi connectivity index (χ1v) is 11.2. The average Bonchev–Trinajstić information content (AvgIpc) is 3.17. The second-order valence-electron chi connectivity index (χ2n) is 6.56. The number of anilines is 2. The Hall–Kier alpha value is -1.87. The first-order chi connectivity index (χ1) is 13.3. The minimum atomic E-state index is -3.74. The molecule has 0 unspecified atom stereocenters. The van der Waals surface area contributed by atoms with E-state index in [9.17, 15) is 8.42 Å². The van der Waals surface area contributed by atoms with Gasteiger partial charge in [-0.15, -0.1) is 0 Å². The molecule has 1 aliphatic heterocycles. The maximum atomic E-state index is 12.7. The fourth-order valence-electron chi connectivity index (χ4n) is 2.81. The third kappa shape index (κ3) is 5.57. The summed E-state index contributed by atoms with van der Waals surface area (Å²) in [5, 5.41) is 7.16. The Balaban J connectivity index is 1.69. The standard InChI is InChI=1S/C19H22ClN3O3S2/c1-13-4-9-17(28(24,25)23-15-7-5-14(20)6-8-15)11-18(13)22-19(27)21-12-16-3-2-10-26-16/h4-9,11,16,23H,2-3,10,12H2,1H3,(H2,21,22,27)/t16-/m0/s1. The topological polar surface area (TPSA) is 79.5 Å². The minimum absolute atomic E-state index is 0.137. The van der Waals surface area contributed by atoms with E-state index in [1.165, 1.54) is 0 Å². The van der Waals surface area contributed by atoms with Crippen molar-refractivity contribution in [2.75, 3.05) is 23.2 Å². The molecule has 0 saturated carbocycles. The van der Waals surface area contributed by atoms with Crippen molar-refractivity contribution in [2.45, 2.75) is 30.8 Å². The fourth-order valence-corrected chi connectivity index (χ4v) is 4.22. The SMILES string of the molecule is Cc1ccc(S(=O)(=O)Nc2ccc(Cl)cc2)cc1NC(=S)NC[C@@H]1CCCO1. The van der Waals surface area contributed by atoms with E-state index in [4.69, 9.17) is 28.6 Å². The van der Waals surface area contributed by atoms with E-state index in [2.05, 4.69) is 15.4 Å². The predicted molar refractivity (Wildman–Crippen MR) is 117 cm³/mol. The molecular formula is C19H22ClN3O3S2. The first kappa shape index (κ1) is 20.9. The summed E-state index contributed by atoms with van der Waals surface area (Å²) in [5.74, 6) is 0. The van der Waals surface area contributed by atoms with E-state index >= 15 is 0 Å². The molecule has 0 aliphatic carbocycles. The van der Waals surface area contributed by atoms with Gasteiger partial charge in [-0.05, 0) is 73.9 Å². The molecule has 28 heavy (non-hydrogen) atoms. The van der Waals surface area contributed by atoms with Gasteiger partial charge in [0.15, 0.2) is 5.11 Å². The van der Waals surface area contributed by atoms with Gasteiger partial charge in [0.1, 0.15) is 0 Å². The highest BCUT2D eigenvalue weighted by molar-refractivity contribution is 7.92. The van der Waals surface area contributed by atoms with Crippen LogP contribution in [0.4, 0.5) is 11.4 Å². The van der Waals surface area contributed by atoms with E-state index in [-0.39, 0.29) is 11.0 Å². The van der Waals surface area contributed by atoms with Gasteiger partial charge < -0.3 is 15.4 Å². The van der Waals surface area contributed by atoms with Gasteiger partial charge in [-0.1, -0.05) is 17.7 Å². The van der Waals surface area contributed by atoms with Crippen molar-refractivity contribution in [1.29, 1.82) is 0 Å². The molecule has 9 heteroatoms. The van der Waals surface area contributed by atoms with Gasteiger partial charge >= 0.3 is 0 Å². The smallest absolute Gasteiger partial charge is 0.261 e. The molecule has 1 saturated heterocycles. The number of ether oxygens (including phenoxy) is 1. The molecule has 6 nitrogen and oxygen atoms in total. The molecule has 1 heterocycles. The zero-order valence-corrected chi connectivity index (χ0v) is 17.8. The maximum Gasteiger partial charge on any atom is 0.261 e.